The smallest absolute Gasteiger partial charge is 0.410 e. The minimum atomic E-state index is -0.530. The summed E-state index contributed by atoms with van der Waals surface area (Å²) in [6.07, 6.45) is 2.57. The first kappa shape index (κ1) is 28.0. The molecular weight excluding hydrogens is 526 g/mol. The first-order valence-electron chi connectivity index (χ1n) is 12.7. The molecule has 38 heavy (non-hydrogen) atoms. The predicted octanol–water partition coefficient (Wildman–Crippen LogP) is 6.20. The van der Waals surface area contributed by atoms with Crippen molar-refractivity contribution in [2.45, 2.75) is 58.0 Å². The number of halogens is 1. The Balaban J connectivity index is 1.57. The third-order valence-corrected chi connectivity index (χ3v) is 7.75. The summed E-state index contributed by atoms with van der Waals surface area (Å²) in [7, 11) is 3.10. The van der Waals surface area contributed by atoms with Gasteiger partial charge in [0, 0.05) is 35.6 Å². The molecule has 204 valence electrons. The first-order valence-corrected chi connectivity index (χ1v) is 13.8. The van der Waals surface area contributed by atoms with Gasteiger partial charge in [-0.15, -0.1) is 11.3 Å². The fourth-order valence-electron chi connectivity index (χ4n) is 4.50. The Hall–Kier alpha value is -3.04. The summed E-state index contributed by atoms with van der Waals surface area (Å²) in [5.41, 5.74) is 1.55. The van der Waals surface area contributed by atoms with Crippen molar-refractivity contribution in [3.05, 3.63) is 62.6 Å². The van der Waals surface area contributed by atoms with E-state index in [0.29, 0.717) is 36.6 Å². The molecule has 0 aliphatic carbocycles. The Kier molecular flexibility index (Phi) is 8.67. The van der Waals surface area contributed by atoms with Gasteiger partial charge in [-0.1, -0.05) is 11.6 Å². The number of piperidine rings is 1. The number of hydrogen-bond acceptors (Lipinski definition) is 7. The number of rotatable bonds is 7. The van der Waals surface area contributed by atoms with Crippen LogP contribution in [0.25, 0.3) is 0 Å². The fraction of sp³-hybridized carbons (Fsp3) is 0.464. The molecule has 1 aromatic carbocycles. The Morgan fingerprint density at radius 2 is 1.79 bits per heavy atom. The molecule has 0 spiro atoms. The van der Waals surface area contributed by atoms with Crippen LogP contribution in [-0.2, 0) is 17.6 Å². The third-order valence-electron chi connectivity index (χ3n) is 6.45. The summed E-state index contributed by atoms with van der Waals surface area (Å²) in [4.78, 5) is 29.1. The van der Waals surface area contributed by atoms with Crippen molar-refractivity contribution in [1.29, 1.82) is 0 Å². The van der Waals surface area contributed by atoms with Gasteiger partial charge >= 0.3 is 6.09 Å². The summed E-state index contributed by atoms with van der Waals surface area (Å²) in [6, 6.07) is 11.0. The molecule has 1 saturated heterocycles. The first-order chi connectivity index (χ1) is 18.1. The zero-order valence-corrected chi connectivity index (χ0v) is 24.0. The molecule has 3 aromatic rings. The zero-order chi connectivity index (χ0) is 27.4. The van der Waals surface area contributed by atoms with E-state index in [9.17, 15) is 9.59 Å². The molecule has 3 heterocycles. The van der Waals surface area contributed by atoms with Gasteiger partial charge in [0.05, 0.1) is 29.8 Å². The SMILES string of the molecule is COc1ccc(C(=O)n2nc(C3CCN(C(=O)OC(C)(C)C)CC3)cc2CCc2ccc(Cl)s2)c(OC)c1. The number of hydrogen-bond donors (Lipinski definition) is 0. The number of carbonyl (C=O) groups is 2. The van der Waals surface area contributed by atoms with Crippen LogP contribution in [0.2, 0.25) is 4.34 Å². The second kappa shape index (κ2) is 11.8. The average molecular weight is 560 g/mol. The number of benzene rings is 1. The van der Waals surface area contributed by atoms with Gasteiger partial charge in [0.25, 0.3) is 5.91 Å². The van der Waals surface area contributed by atoms with Crippen LogP contribution in [0.5, 0.6) is 11.5 Å². The maximum atomic E-state index is 13.7. The van der Waals surface area contributed by atoms with Gasteiger partial charge < -0.3 is 19.1 Å². The lowest BCUT2D eigenvalue weighted by Crippen LogP contribution is -2.41. The lowest BCUT2D eigenvalue weighted by Gasteiger charge is -2.32. The molecular formula is C28H34ClN3O5S. The van der Waals surface area contributed by atoms with Gasteiger partial charge in [-0.3, -0.25) is 4.79 Å². The minimum absolute atomic E-state index is 0.135. The van der Waals surface area contributed by atoms with Gasteiger partial charge in [-0.05, 0) is 76.8 Å². The van der Waals surface area contributed by atoms with Crippen LogP contribution in [-0.4, -0.2) is 59.6 Å². The predicted molar refractivity (Wildman–Crippen MR) is 148 cm³/mol. The van der Waals surface area contributed by atoms with Crippen molar-refractivity contribution in [3.8, 4) is 11.5 Å². The molecule has 4 rings (SSSR count). The van der Waals surface area contributed by atoms with E-state index in [-0.39, 0.29) is 17.9 Å². The molecule has 10 heteroatoms. The zero-order valence-electron chi connectivity index (χ0n) is 22.5. The summed E-state index contributed by atoms with van der Waals surface area (Å²) >= 11 is 7.66. The topological polar surface area (TPSA) is 82.9 Å². The van der Waals surface area contributed by atoms with E-state index in [1.807, 2.05) is 39.0 Å². The highest BCUT2D eigenvalue weighted by atomic mass is 35.5. The number of carbonyl (C=O) groups excluding carboxylic acids is 2. The Morgan fingerprint density at radius 3 is 2.39 bits per heavy atom. The van der Waals surface area contributed by atoms with Crippen LogP contribution in [0, 0.1) is 0 Å². The molecule has 1 aliphatic rings. The largest absolute Gasteiger partial charge is 0.497 e. The molecule has 0 radical (unpaired) electrons. The van der Waals surface area contributed by atoms with Crippen molar-refractivity contribution < 1.29 is 23.8 Å². The van der Waals surface area contributed by atoms with Gasteiger partial charge in [0.1, 0.15) is 17.1 Å². The Bertz CT molecular complexity index is 1290. The van der Waals surface area contributed by atoms with E-state index in [1.165, 1.54) is 23.1 Å². The van der Waals surface area contributed by atoms with Crippen LogP contribution < -0.4 is 9.47 Å². The van der Waals surface area contributed by atoms with Crippen molar-refractivity contribution >= 4 is 34.9 Å². The van der Waals surface area contributed by atoms with Gasteiger partial charge in [0.2, 0.25) is 0 Å². The van der Waals surface area contributed by atoms with Crippen LogP contribution >= 0.6 is 22.9 Å². The molecule has 1 fully saturated rings. The molecule has 0 N–H and O–H groups in total. The number of ether oxygens (including phenoxy) is 3. The molecule has 0 unspecified atom stereocenters. The van der Waals surface area contributed by atoms with Crippen molar-refractivity contribution in [3.63, 3.8) is 0 Å². The van der Waals surface area contributed by atoms with Gasteiger partial charge in [-0.25, -0.2) is 9.48 Å². The summed E-state index contributed by atoms with van der Waals surface area (Å²) in [5.74, 6) is 0.899. The number of thiophene rings is 1. The number of methoxy groups -OCH3 is 2. The molecule has 0 saturated carbocycles. The minimum Gasteiger partial charge on any atom is -0.497 e. The van der Waals surface area contributed by atoms with Crippen LogP contribution in [0.1, 0.15) is 66.2 Å². The number of likely N-dealkylation sites (tertiary alicyclic amines) is 1. The standard InChI is InChI=1S/C28H34ClN3O5S/c1-28(2,3)37-27(34)31-14-12-18(13-15-31)23-16-19(6-8-21-9-11-25(29)38-21)32(30-23)26(33)22-10-7-20(35-4)17-24(22)36-5/h7,9-11,16-18H,6,8,12-15H2,1-5H3. The highest BCUT2D eigenvalue weighted by Gasteiger charge is 2.30. The quantitative estimate of drug-likeness (QED) is 0.342. The molecule has 0 atom stereocenters. The summed E-state index contributed by atoms with van der Waals surface area (Å²) < 4.78 is 18.5. The lowest BCUT2D eigenvalue weighted by atomic mass is 9.93. The second-order valence-corrected chi connectivity index (χ2v) is 12.1. The number of amides is 1. The fourth-order valence-corrected chi connectivity index (χ4v) is 5.59. The summed E-state index contributed by atoms with van der Waals surface area (Å²) in [5, 5.41) is 4.80. The Labute approximate surface area is 232 Å². The van der Waals surface area contributed by atoms with E-state index < -0.39 is 5.60 Å². The Morgan fingerprint density at radius 1 is 1.05 bits per heavy atom. The van der Waals surface area contributed by atoms with Crippen LogP contribution in [0.15, 0.2) is 36.4 Å². The number of aryl methyl sites for hydroxylation is 2. The third kappa shape index (κ3) is 6.69. The van der Waals surface area contributed by atoms with Crippen molar-refractivity contribution in [2.75, 3.05) is 27.3 Å². The van der Waals surface area contributed by atoms with E-state index in [1.54, 1.807) is 30.2 Å². The molecule has 2 aromatic heterocycles. The maximum Gasteiger partial charge on any atom is 0.410 e. The highest BCUT2D eigenvalue weighted by molar-refractivity contribution is 7.16. The molecule has 1 aliphatic heterocycles. The summed E-state index contributed by atoms with van der Waals surface area (Å²) in [6.45, 7) is 6.76. The second-order valence-electron chi connectivity index (χ2n) is 10.3. The molecule has 1 amide bonds. The number of nitrogens with zero attached hydrogens (tertiary/aromatic N) is 3. The van der Waals surface area contributed by atoms with E-state index in [4.69, 9.17) is 30.9 Å². The van der Waals surface area contributed by atoms with Gasteiger partial charge in [0.15, 0.2) is 0 Å². The molecule has 0 bridgehead atoms. The van der Waals surface area contributed by atoms with Crippen LogP contribution in [0.4, 0.5) is 4.79 Å². The van der Waals surface area contributed by atoms with E-state index in [0.717, 1.165) is 39.9 Å². The van der Waals surface area contributed by atoms with Crippen LogP contribution in [0.3, 0.4) is 0 Å². The normalized spacial score (nSPS) is 14.4. The number of aromatic nitrogens is 2. The average Bonchev–Trinajstić information content (AvgIpc) is 3.51. The highest BCUT2D eigenvalue weighted by Crippen LogP contribution is 2.31. The van der Waals surface area contributed by atoms with E-state index >= 15 is 0 Å². The molecule has 8 nitrogen and oxygen atoms in total. The van der Waals surface area contributed by atoms with E-state index in [2.05, 4.69) is 0 Å². The van der Waals surface area contributed by atoms with Crippen molar-refractivity contribution in [2.24, 2.45) is 0 Å². The van der Waals surface area contributed by atoms with Crippen molar-refractivity contribution in [1.82, 2.24) is 14.7 Å². The van der Waals surface area contributed by atoms with Gasteiger partial charge in [-0.2, -0.15) is 5.10 Å². The maximum absolute atomic E-state index is 13.7. The lowest BCUT2D eigenvalue weighted by molar-refractivity contribution is 0.0204. The monoisotopic (exact) mass is 559 g/mol.